The van der Waals surface area contributed by atoms with Crippen LogP contribution < -0.4 is 5.32 Å². The summed E-state index contributed by atoms with van der Waals surface area (Å²) >= 11 is 0. The molecule has 1 fully saturated rings. The standard InChI is InChI=1S/C21H26N2O3/c1-13-8-9-19-16(10-13)17(11-15(3)22-19)21(25)26-12-20(24)23-18-7-5-4-6-14(18)2/h8-11,14,18H,4-7,12H2,1-3H3,(H,23,24). The molecule has 1 heterocycles. The van der Waals surface area contributed by atoms with E-state index < -0.39 is 5.97 Å². The molecule has 2 atom stereocenters. The minimum atomic E-state index is -0.488. The number of aromatic nitrogens is 1. The maximum atomic E-state index is 12.6. The van der Waals surface area contributed by atoms with Crippen LogP contribution >= 0.6 is 0 Å². The van der Waals surface area contributed by atoms with Crippen LogP contribution in [0.15, 0.2) is 24.3 Å². The molecular weight excluding hydrogens is 328 g/mol. The molecule has 2 aromatic rings. The van der Waals surface area contributed by atoms with Gasteiger partial charge in [0.25, 0.3) is 5.91 Å². The second kappa shape index (κ2) is 7.85. The fourth-order valence-corrected chi connectivity index (χ4v) is 3.63. The third-order valence-corrected chi connectivity index (χ3v) is 5.10. The first-order chi connectivity index (χ1) is 12.4. The van der Waals surface area contributed by atoms with Gasteiger partial charge in [0.05, 0.1) is 11.1 Å². The van der Waals surface area contributed by atoms with E-state index >= 15 is 0 Å². The highest BCUT2D eigenvalue weighted by Crippen LogP contribution is 2.24. The molecule has 1 aliphatic rings. The summed E-state index contributed by atoms with van der Waals surface area (Å²) in [5.74, 6) is -0.250. The van der Waals surface area contributed by atoms with E-state index in [9.17, 15) is 9.59 Å². The van der Waals surface area contributed by atoms with Crippen molar-refractivity contribution in [3.63, 3.8) is 0 Å². The lowest BCUT2D eigenvalue weighted by molar-refractivity contribution is -0.125. The number of hydrogen-bond acceptors (Lipinski definition) is 4. The lowest BCUT2D eigenvalue weighted by Crippen LogP contribution is -2.42. The largest absolute Gasteiger partial charge is 0.452 e. The molecule has 0 spiro atoms. The van der Waals surface area contributed by atoms with Gasteiger partial charge in [0.15, 0.2) is 6.61 Å². The normalized spacial score (nSPS) is 20.0. The molecule has 1 aromatic heterocycles. The highest BCUT2D eigenvalue weighted by Gasteiger charge is 2.23. The van der Waals surface area contributed by atoms with Crippen molar-refractivity contribution in [3.05, 3.63) is 41.1 Å². The molecule has 138 valence electrons. The third kappa shape index (κ3) is 4.21. The zero-order valence-corrected chi connectivity index (χ0v) is 15.7. The van der Waals surface area contributed by atoms with Crippen LogP contribution in [-0.2, 0) is 9.53 Å². The minimum Gasteiger partial charge on any atom is -0.452 e. The SMILES string of the molecule is Cc1ccc2nc(C)cc(C(=O)OCC(=O)NC3CCCCC3C)c2c1. The van der Waals surface area contributed by atoms with E-state index in [1.165, 1.54) is 6.42 Å². The van der Waals surface area contributed by atoms with E-state index in [2.05, 4.69) is 17.2 Å². The lowest BCUT2D eigenvalue weighted by atomic mass is 9.86. The first kappa shape index (κ1) is 18.4. The highest BCUT2D eigenvalue weighted by molar-refractivity contribution is 6.04. The third-order valence-electron chi connectivity index (χ3n) is 5.10. The second-order valence-electron chi connectivity index (χ2n) is 7.34. The summed E-state index contributed by atoms with van der Waals surface area (Å²) in [6.07, 6.45) is 4.48. The Morgan fingerprint density at radius 2 is 1.96 bits per heavy atom. The molecule has 1 aliphatic carbocycles. The van der Waals surface area contributed by atoms with Gasteiger partial charge in [-0.1, -0.05) is 31.4 Å². The summed E-state index contributed by atoms with van der Waals surface area (Å²) in [5, 5.41) is 3.76. The van der Waals surface area contributed by atoms with Crippen molar-refractivity contribution < 1.29 is 14.3 Å². The van der Waals surface area contributed by atoms with Gasteiger partial charge >= 0.3 is 5.97 Å². The Balaban J connectivity index is 1.67. The molecule has 1 amide bonds. The van der Waals surface area contributed by atoms with E-state index in [4.69, 9.17) is 4.74 Å². The van der Waals surface area contributed by atoms with Gasteiger partial charge in [-0.25, -0.2) is 4.79 Å². The van der Waals surface area contributed by atoms with Crippen LogP contribution in [0.5, 0.6) is 0 Å². The van der Waals surface area contributed by atoms with Crippen LogP contribution in [-0.4, -0.2) is 29.5 Å². The van der Waals surface area contributed by atoms with Crippen LogP contribution in [0.3, 0.4) is 0 Å². The van der Waals surface area contributed by atoms with Gasteiger partial charge in [-0.2, -0.15) is 0 Å². The molecule has 1 N–H and O–H groups in total. The number of pyridine rings is 1. The molecule has 5 nitrogen and oxygen atoms in total. The van der Waals surface area contributed by atoms with Crippen molar-refractivity contribution in [1.29, 1.82) is 0 Å². The second-order valence-corrected chi connectivity index (χ2v) is 7.34. The molecule has 5 heteroatoms. The first-order valence-electron chi connectivity index (χ1n) is 9.28. The van der Waals surface area contributed by atoms with E-state index in [-0.39, 0.29) is 18.6 Å². The fourth-order valence-electron chi connectivity index (χ4n) is 3.63. The Labute approximate surface area is 154 Å². The average molecular weight is 354 g/mol. The Bertz CT molecular complexity index is 831. The van der Waals surface area contributed by atoms with E-state index in [0.29, 0.717) is 11.5 Å². The maximum Gasteiger partial charge on any atom is 0.339 e. The number of esters is 1. The number of amides is 1. The number of carbonyl (C=O) groups is 2. The number of ether oxygens (including phenoxy) is 1. The van der Waals surface area contributed by atoms with Crippen LogP contribution in [0.4, 0.5) is 0 Å². The van der Waals surface area contributed by atoms with Gasteiger partial charge in [0.1, 0.15) is 0 Å². The minimum absolute atomic E-state index is 0.182. The van der Waals surface area contributed by atoms with Crippen molar-refractivity contribution in [2.24, 2.45) is 5.92 Å². The molecule has 0 radical (unpaired) electrons. The Kier molecular flexibility index (Phi) is 5.55. The van der Waals surface area contributed by atoms with Gasteiger partial charge in [-0.15, -0.1) is 0 Å². The number of nitrogens with zero attached hydrogens (tertiary/aromatic N) is 1. The zero-order chi connectivity index (χ0) is 18.7. The quantitative estimate of drug-likeness (QED) is 0.850. The lowest BCUT2D eigenvalue weighted by Gasteiger charge is -2.29. The molecule has 1 saturated carbocycles. The summed E-state index contributed by atoms with van der Waals surface area (Å²) in [5.41, 5.74) is 2.99. The number of benzene rings is 1. The Morgan fingerprint density at radius 1 is 1.19 bits per heavy atom. The van der Waals surface area contributed by atoms with Crippen LogP contribution in [0.1, 0.15) is 54.2 Å². The molecule has 0 bridgehead atoms. The van der Waals surface area contributed by atoms with Crippen molar-refractivity contribution in [1.82, 2.24) is 10.3 Å². The monoisotopic (exact) mass is 354 g/mol. The fraction of sp³-hybridized carbons (Fsp3) is 0.476. The van der Waals surface area contributed by atoms with Gasteiger partial charge in [-0.05, 0) is 50.8 Å². The number of hydrogen-bond donors (Lipinski definition) is 1. The molecule has 3 rings (SSSR count). The molecule has 2 unspecified atom stereocenters. The van der Waals surface area contributed by atoms with Crippen LogP contribution in [0.25, 0.3) is 10.9 Å². The van der Waals surface area contributed by atoms with Gasteiger partial charge in [-0.3, -0.25) is 9.78 Å². The topological polar surface area (TPSA) is 68.3 Å². The maximum absolute atomic E-state index is 12.6. The van der Waals surface area contributed by atoms with Crippen LogP contribution in [0, 0.1) is 19.8 Å². The summed E-state index contributed by atoms with van der Waals surface area (Å²) in [7, 11) is 0. The number of rotatable bonds is 4. The Hall–Kier alpha value is -2.43. The van der Waals surface area contributed by atoms with Gasteiger partial charge in [0.2, 0.25) is 0 Å². The summed E-state index contributed by atoms with van der Waals surface area (Å²) in [4.78, 5) is 29.2. The van der Waals surface area contributed by atoms with Crippen molar-refractivity contribution in [2.45, 2.75) is 52.5 Å². The summed E-state index contributed by atoms with van der Waals surface area (Å²) in [6, 6.07) is 7.67. The molecule has 26 heavy (non-hydrogen) atoms. The smallest absolute Gasteiger partial charge is 0.339 e. The summed E-state index contributed by atoms with van der Waals surface area (Å²) < 4.78 is 5.29. The van der Waals surface area contributed by atoms with E-state index in [1.54, 1.807) is 6.07 Å². The number of carbonyl (C=O) groups excluding carboxylic acids is 2. The number of nitrogens with one attached hydrogen (secondary N) is 1. The predicted octanol–water partition coefficient (Wildman–Crippen LogP) is 3.70. The molecule has 0 saturated heterocycles. The molecular formula is C21H26N2O3. The van der Waals surface area contributed by atoms with Gasteiger partial charge in [0, 0.05) is 17.1 Å². The summed E-state index contributed by atoms with van der Waals surface area (Å²) in [6.45, 7) is 5.71. The van der Waals surface area contributed by atoms with E-state index in [0.717, 1.165) is 41.4 Å². The van der Waals surface area contributed by atoms with Gasteiger partial charge < -0.3 is 10.1 Å². The number of fused-ring (bicyclic) bond motifs is 1. The van der Waals surface area contributed by atoms with Crippen molar-refractivity contribution in [2.75, 3.05) is 6.61 Å². The van der Waals surface area contributed by atoms with E-state index in [1.807, 2.05) is 32.0 Å². The molecule has 0 aliphatic heterocycles. The van der Waals surface area contributed by atoms with Crippen LogP contribution in [0.2, 0.25) is 0 Å². The van der Waals surface area contributed by atoms with Crippen molar-refractivity contribution in [3.8, 4) is 0 Å². The predicted molar refractivity (Wildman–Crippen MR) is 101 cm³/mol. The first-order valence-corrected chi connectivity index (χ1v) is 9.28. The zero-order valence-electron chi connectivity index (χ0n) is 15.7. The highest BCUT2D eigenvalue weighted by atomic mass is 16.5. The van der Waals surface area contributed by atoms with Crippen molar-refractivity contribution >= 4 is 22.8 Å². The number of aryl methyl sites for hydroxylation is 2. The average Bonchev–Trinajstić information content (AvgIpc) is 2.61. The molecule has 1 aromatic carbocycles. The Morgan fingerprint density at radius 3 is 2.73 bits per heavy atom.